The van der Waals surface area contributed by atoms with E-state index >= 15 is 0 Å². The van der Waals surface area contributed by atoms with Crippen molar-refractivity contribution in [2.45, 2.75) is 26.3 Å². The number of imidazole rings is 1. The molecule has 14 heavy (non-hydrogen) atoms. The van der Waals surface area contributed by atoms with Crippen molar-refractivity contribution in [2.75, 3.05) is 0 Å². The van der Waals surface area contributed by atoms with E-state index in [1.54, 1.807) is 6.20 Å². The molecule has 3 heteroatoms. The number of hydrogen-bond acceptors (Lipinski definition) is 2. The molecule has 0 amide bonds. The molecule has 1 aliphatic heterocycles. The summed E-state index contributed by atoms with van der Waals surface area (Å²) in [5.41, 5.74) is -0.110. The number of hydrogen-bond donors (Lipinski definition) is 0. The molecule has 1 aromatic heterocycles. The summed E-state index contributed by atoms with van der Waals surface area (Å²) in [4.78, 5) is 8.78. The van der Waals surface area contributed by atoms with E-state index < -0.39 is 0 Å². The van der Waals surface area contributed by atoms with Crippen LogP contribution < -0.4 is 0 Å². The fraction of sp³-hybridized carbons (Fsp3) is 0.455. The maximum atomic E-state index is 4.57. The first-order valence-corrected chi connectivity index (χ1v) is 4.89. The SMILES string of the molecule is CC(C)C1(C)C=Cn2ccnc2C=N1. The van der Waals surface area contributed by atoms with Gasteiger partial charge >= 0.3 is 0 Å². The first-order valence-electron chi connectivity index (χ1n) is 4.89. The molecule has 0 radical (unpaired) electrons. The molecular weight excluding hydrogens is 174 g/mol. The molecule has 0 saturated carbocycles. The molecule has 0 aromatic carbocycles. The van der Waals surface area contributed by atoms with Crippen LogP contribution >= 0.6 is 0 Å². The Labute approximate surface area is 84.2 Å². The zero-order valence-corrected chi connectivity index (χ0v) is 8.81. The molecule has 0 aliphatic carbocycles. The predicted octanol–water partition coefficient (Wildman–Crippen LogP) is 2.20. The van der Waals surface area contributed by atoms with Gasteiger partial charge in [-0.1, -0.05) is 13.8 Å². The average molecular weight is 189 g/mol. The second-order valence-electron chi connectivity index (χ2n) is 4.15. The summed E-state index contributed by atoms with van der Waals surface area (Å²) in [6.45, 7) is 6.49. The van der Waals surface area contributed by atoms with Crippen LogP contribution in [0.5, 0.6) is 0 Å². The zero-order valence-electron chi connectivity index (χ0n) is 8.81. The molecule has 1 atom stereocenters. The summed E-state index contributed by atoms with van der Waals surface area (Å²) in [6, 6.07) is 0. The minimum absolute atomic E-state index is 0.110. The topological polar surface area (TPSA) is 30.2 Å². The molecule has 0 fully saturated rings. The van der Waals surface area contributed by atoms with Crippen LogP contribution in [0.4, 0.5) is 0 Å². The van der Waals surface area contributed by atoms with Crippen LogP contribution in [0.1, 0.15) is 26.6 Å². The predicted molar refractivity (Wildman–Crippen MR) is 58.4 cm³/mol. The second-order valence-corrected chi connectivity index (χ2v) is 4.15. The van der Waals surface area contributed by atoms with Gasteiger partial charge in [-0.05, 0) is 18.9 Å². The van der Waals surface area contributed by atoms with Crippen LogP contribution in [0.25, 0.3) is 6.20 Å². The van der Waals surface area contributed by atoms with Gasteiger partial charge in [0.05, 0.1) is 11.8 Å². The Kier molecular flexibility index (Phi) is 2.02. The van der Waals surface area contributed by atoms with Crippen molar-refractivity contribution in [2.24, 2.45) is 10.9 Å². The largest absolute Gasteiger partial charge is 0.306 e. The summed E-state index contributed by atoms with van der Waals surface area (Å²) >= 11 is 0. The average Bonchev–Trinajstić information content (AvgIpc) is 2.53. The molecule has 0 N–H and O–H groups in total. The van der Waals surface area contributed by atoms with Crippen LogP contribution in [0, 0.1) is 5.92 Å². The van der Waals surface area contributed by atoms with E-state index in [2.05, 4.69) is 36.8 Å². The molecule has 3 nitrogen and oxygen atoms in total. The monoisotopic (exact) mass is 189 g/mol. The van der Waals surface area contributed by atoms with Crippen LogP contribution in [0.15, 0.2) is 23.5 Å². The van der Waals surface area contributed by atoms with Crippen LogP contribution in [0.3, 0.4) is 0 Å². The lowest BCUT2D eigenvalue weighted by Gasteiger charge is -2.24. The number of nitrogens with zero attached hydrogens (tertiary/aromatic N) is 3. The maximum absolute atomic E-state index is 4.57. The molecule has 0 saturated heterocycles. The van der Waals surface area contributed by atoms with E-state index in [1.807, 2.05) is 23.2 Å². The smallest absolute Gasteiger partial charge is 0.154 e. The van der Waals surface area contributed by atoms with Crippen molar-refractivity contribution in [3.63, 3.8) is 0 Å². The molecule has 0 bridgehead atoms. The Balaban J connectivity index is 2.42. The highest BCUT2D eigenvalue weighted by Crippen LogP contribution is 2.24. The van der Waals surface area contributed by atoms with E-state index in [4.69, 9.17) is 0 Å². The Morgan fingerprint density at radius 1 is 1.43 bits per heavy atom. The van der Waals surface area contributed by atoms with Crippen molar-refractivity contribution in [1.82, 2.24) is 9.55 Å². The molecule has 0 spiro atoms. The van der Waals surface area contributed by atoms with E-state index in [0.29, 0.717) is 5.92 Å². The molecule has 2 heterocycles. The van der Waals surface area contributed by atoms with Crippen molar-refractivity contribution in [3.05, 3.63) is 24.3 Å². The normalized spacial score (nSPS) is 25.1. The Morgan fingerprint density at radius 2 is 2.21 bits per heavy atom. The van der Waals surface area contributed by atoms with E-state index in [9.17, 15) is 0 Å². The third-order valence-corrected chi connectivity index (χ3v) is 2.90. The van der Waals surface area contributed by atoms with Gasteiger partial charge in [0.25, 0.3) is 0 Å². The summed E-state index contributed by atoms with van der Waals surface area (Å²) in [6.07, 6.45) is 9.73. The van der Waals surface area contributed by atoms with Crippen molar-refractivity contribution < 1.29 is 0 Å². The molecular formula is C11H15N3. The third kappa shape index (κ3) is 1.39. The number of fused-ring (bicyclic) bond motifs is 1. The van der Waals surface area contributed by atoms with Crippen LogP contribution in [0.2, 0.25) is 0 Å². The molecule has 1 aliphatic rings. The summed E-state index contributed by atoms with van der Waals surface area (Å²) in [7, 11) is 0. The number of aliphatic imine (C=N–C) groups is 1. The van der Waals surface area contributed by atoms with Gasteiger partial charge in [0.15, 0.2) is 5.82 Å². The Bertz CT molecular complexity index is 356. The standard InChI is InChI=1S/C11H15N3/c1-9(2)11(3)4-6-14-7-5-12-10(14)8-13-11/h4-9H,1-3H3. The van der Waals surface area contributed by atoms with Crippen molar-refractivity contribution >= 4 is 12.4 Å². The van der Waals surface area contributed by atoms with E-state index in [-0.39, 0.29) is 5.54 Å². The van der Waals surface area contributed by atoms with Gasteiger partial charge in [0.2, 0.25) is 0 Å². The van der Waals surface area contributed by atoms with Crippen LogP contribution in [-0.4, -0.2) is 21.3 Å². The summed E-state index contributed by atoms with van der Waals surface area (Å²) < 4.78 is 1.98. The quantitative estimate of drug-likeness (QED) is 0.666. The lowest BCUT2D eigenvalue weighted by molar-refractivity contribution is 0.426. The summed E-state index contributed by atoms with van der Waals surface area (Å²) in [5.74, 6) is 1.38. The number of aromatic nitrogens is 2. The minimum Gasteiger partial charge on any atom is -0.306 e. The van der Waals surface area contributed by atoms with Gasteiger partial charge in [-0.15, -0.1) is 0 Å². The molecule has 2 rings (SSSR count). The molecule has 1 aromatic rings. The lowest BCUT2D eigenvalue weighted by atomic mass is 9.89. The molecule has 74 valence electrons. The lowest BCUT2D eigenvalue weighted by Crippen LogP contribution is -2.25. The highest BCUT2D eigenvalue weighted by molar-refractivity contribution is 5.77. The summed E-state index contributed by atoms with van der Waals surface area (Å²) in [5, 5.41) is 0. The van der Waals surface area contributed by atoms with Crippen molar-refractivity contribution in [3.8, 4) is 0 Å². The van der Waals surface area contributed by atoms with Crippen LogP contribution in [-0.2, 0) is 0 Å². The fourth-order valence-electron chi connectivity index (χ4n) is 1.36. The first kappa shape index (κ1) is 9.19. The van der Waals surface area contributed by atoms with Gasteiger partial charge in [0.1, 0.15) is 0 Å². The maximum Gasteiger partial charge on any atom is 0.154 e. The second kappa shape index (κ2) is 3.08. The Hall–Kier alpha value is -1.38. The highest BCUT2D eigenvalue weighted by atomic mass is 15.1. The Morgan fingerprint density at radius 3 is 2.93 bits per heavy atom. The highest BCUT2D eigenvalue weighted by Gasteiger charge is 2.25. The fourth-order valence-corrected chi connectivity index (χ4v) is 1.36. The minimum atomic E-state index is -0.110. The third-order valence-electron chi connectivity index (χ3n) is 2.90. The van der Waals surface area contributed by atoms with Crippen molar-refractivity contribution in [1.29, 1.82) is 0 Å². The first-order chi connectivity index (χ1) is 6.62. The van der Waals surface area contributed by atoms with Gasteiger partial charge in [-0.25, -0.2) is 4.98 Å². The van der Waals surface area contributed by atoms with Gasteiger partial charge in [-0.3, -0.25) is 4.99 Å². The van der Waals surface area contributed by atoms with Gasteiger partial charge in [0, 0.05) is 18.6 Å². The van der Waals surface area contributed by atoms with E-state index in [1.165, 1.54) is 0 Å². The van der Waals surface area contributed by atoms with Gasteiger partial charge < -0.3 is 4.57 Å². The number of rotatable bonds is 1. The van der Waals surface area contributed by atoms with E-state index in [0.717, 1.165) is 5.82 Å². The van der Waals surface area contributed by atoms with Gasteiger partial charge in [-0.2, -0.15) is 0 Å². The zero-order chi connectivity index (χ0) is 10.2. The molecule has 1 unspecified atom stereocenters.